The van der Waals surface area contributed by atoms with Crippen LogP contribution in [-0.4, -0.2) is 24.6 Å². The molecule has 0 saturated heterocycles. The lowest BCUT2D eigenvalue weighted by atomic mass is 10.2. The van der Waals surface area contributed by atoms with Crippen LogP contribution < -0.4 is 14.8 Å². The van der Waals surface area contributed by atoms with Gasteiger partial charge in [0, 0.05) is 17.3 Å². The zero-order chi connectivity index (χ0) is 20.9. The van der Waals surface area contributed by atoms with Gasteiger partial charge >= 0.3 is 0 Å². The molecule has 0 spiro atoms. The summed E-state index contributed by atoms with van der Waals surface area (Å²) in [6.45, 7) is 2.00. The van der Waals surface area contributed by atoms with Crippen molar-refractivity contribution >= 4 is 22.7 Å². The Morgan fingerprint density at radius 3 is 2.63 bits per heavy atom. The highest BCUT2D eigenvalue weighted by molar-refractivity contribution is 5.93. The van der Waals surface area contributed by atoms with Crippen LogP contribution in [0.25, 0.3) is 22.6 Å². The molecule has 6 heteroatoms. The standard InChI is InChI=1S/C24H22N2O4/c1-3-16-5-4-6-20(13-16)29-15-23(27)25-18-9-12-21-22(14-18)30-24(26-21)17-7-10-19(28-2)11-8-17/h4-14H,3,15H2,1-2H3,(H,25,27). The number of aromatic nitrogens is 1. The number of aryl methyl sites for hydroxylation is 1. The minimum Gasteiger partial charge on any atom is -0.497 e. The van der Waals surface area contributed by atoms with E-state index in [4.69, 9.17) is 13.9 Å². The zero-order valence-electron chi connectivity index (χ0n) is 16.8. The summed E-state index contributed by atoms with van der Waals surface area (Å²) in [7, 11) is 1.62. The molecule has 4 aromatic rings. The van der Waals surface area contributed by atoms with Gasteiger partial charge in [0.2, 0.25) is 5.89 Å². The van der Waals surface area contributed by atoms with Gasteiger partial charge in [-0.1, -0.05) is 19.1 Å². The average molecular weight is 402 g/mol. The van der Waals surface area contributed by atoms with Gasteiger partial charge in [0.15, 0.2) is 12.2 Å². The molecule has 152 valence electrons. The number of hydrogen-bond acceptors (Lipinski definition) is 5. The SMILES string of the molecule is CCc1cccc(OCC(=O)Nc2ccc3nc(-c4ccc(OC)cc4)oc3c2)c1. The number of amides is 1. The molecular formula is C24H22N2O4. The Hall–Kier alpha value is -3.80. The van der Waals surface area contributed by atoms with Crippen LogP contribution in [0.2, 0.25) is 0 Å². The average Bonchev–Trinajstić information content (AvgIpc) is 3.21. The van der Waals surface area contributed by atoms with Crippen LogP contribution in [0.3, 0.4) is 0 Å². The molecule has 1 heterocycles. The molecule has 6 nitrogen and oxygen atoms in total. The highest BCUT2D eigenvalue weighted by Crippen LogP contribution is 2.27. The molecule has 30 heavy (non-hydrogen) atoms. The van der Waals surface area contributed by atoms with Crippen molar-refractivity contribution in [3.8, 4) is 23.0 Å². The van der Waals surface area contributed by atoms with Gasteiger partial charge < -0.3 is 19.2 Å². The number of benzene rings is 3. The number of fused-ring (bicyclic) bond motifs is 1. The predicted octanol–water partition coefficient (Wildman–Crippen LogP) is 5.08. The van der Waals surface area contributed by atoms with E-state index in [2.05, 4.69) is 17.2 Å². The molecule has 0 aliphatic carbocycles. The summed E-state index contributed by atoms with van der Waals surface area (Å²) in [5.74, 6) is 1.71. The van der Waals surface area contributed by atoms with Crippen LogP contribution >= 0.6 is 0 Å². The second-order valence-corrected chi connectivity index (χ2v) is 6.77. The fraction of sp³-hybridized carbons (Fsp3) is 0.167. The first-order valence-corrected chi connectivity index (χ1v) is 9.71. The number of oxazole rings is 1. The van der Waals surface area contributed by atoms with Crippen molar-refractivity contribution in [3.63, 3.8) is 0 Å². The maximum atomic E-state index is 12.3. The van der Waals surface area contributed by atoms with E-state index in [1.165, 1.54) is 0 Å². The molecule has 0 atom stereocenters. The molecule has 0 saturated carbocycles. The minimum atomic E-state index is -0.244. The summed E-state index contributed by atoms with van der Waals surface area (Å²) in [4.78, 5) is 16.8. The first-order chi connectivity index (χ1) is 14.6. The molecule has 0 fully saturated rings. The molecule has 4 rings (SSSR count). The summed E-state index contributed by atoms with van der Waals surface area (Å²) in [6, 6.07) is 20.6. The quantitative estimate of drug-likeness (QED) is 0.466. The van der Waals surface area contributed by atoms with E-state index in [1.54, 1.807) is 19.2 Å². The van der Waals surface area contributed by atoms with Gasteiger partial charge in [-0.15, -0.1) is 0 Å². The summed E-state index contributed by atoms with van der Waals surface area (Å²) < 4.78 is 16.6. The first kappa shape index (κ1) is 19.5. The Bertz CT molecular complexity index is 1170. The Balaban J connectivity index is 1.43. The molecule has 0 bridgehead atoms. The van der Waals surface area contributed by atoms with Crippen LogP contribution in [0.1, 0.15) is 12.5 Å². The number of rotatable bonds is 7. The monoisotopic (exact) mass is 402 g/mol. The lowest BCUT2D eigenvalue weighted by molar-refractivity contribution is -0.118. The van der Waals surface area contributed by atoms with Crippen molar-refractivity contribution in [3.05, 3.63) is 72.3 Å². The van der Waals surface area contributed by atoms with E-state index < -0.39 is 0 Å². The maximum absolute atomic E-state index is 12.3. The minimum absolute atomic E-state index is 0.0707. The van der Waals surface area contributed by atoms with Crippen LogP contribution in [0, 0.1) is 0 Å². The largest absolute Gasteiger partial charge is 0.497 e. The molecule has 0 unspecified atom stereocenters. The van der Waals surface area contributed by atoms with Gasteiger partial charge in [-0.25, -0.2) is 4.98 Å². The fourth-order valence-corrected chi connectivity index (χ4v) is 3.06. The number of hydrogen-bond donors (Lipinski definition) is 1. The molecule has 0 aliphatic rings. The molecule has 1 aromatic heterocycles. The second kappa shape index (κ2) is 8.69. The third-order valence-electron chi connectivity index (χ3n) is 4.69. The van der Waals surface area contributed by atoms with Crippen molar-refractivity contribution in [1.82, 2.24) is 4.98 Å². The summed E-state index contributed by atoms with van der Waals surface area (Å²) in [5.41, 5.74) is 3.94. The van der Waals surface area contributed by atoms with Crippen LogP contribution in [0.15, 0.2) is 71.1 Å². The van der Waals surface area contributed by atoms with E-state index in [1.807, 2.05) is 54.6 Å². The smallest absolute Gasteiger partial charge is 0.262 e. The number of nitrogens with zero attached hydrogens (tertiary/aromatic N) is 1. The van der Waals surface area contributed by atoms with Gasteiger partial charge in [0.25, 0.3) is 5.91 Å². The van der Waals surface area contributed by atoms with Gasteiger partial charge in [0.05, 0.1) is 7.11 Å². The first-order valence-electron chi connectivity index (χ1n) is 9.71. The fourth-order valence-electron chi connectivity index (χ4n) is 3.06. The van der Waals surface area contributed by atoms with Crippen molar-refractivity contribution in [2.24, 2.45) is 0 Å². The lowest BCUT2D eigenvalue weighted by Gasteiger charge is -2.08. The third kappa shape index (κ3) is 4.43. The lowest BCUT2D eigenvalue weighted by Crippen LogP contribution is -2.20. The second-order valence-electron chi connectivity index (χ2n) is 6.77. The van der Waals surface area contributed by atoms with Crippen molar-refractivity contribution in [1.29, 1.82) is 0 Å². The van der Waals surface area contributed by atoms with Gasteiger partial charge in [-0.3, -0.25) is 4.79 Å². The van der Waals surface area contributed by atoms with E-state index in [0.717, 1.165) is 23.3 Å². The van der Waals surface area contributed by atoms with Crippen molar-refractivity contribution < 1.29 is 18.7 Å². The number of nitrogens with one attached hydrogen (secondary N) is 1. The Morgan fingerprint density at radius 1 is 1.03 bits per heavy atom. The van der Waals surface area contributed by atoms with E-state index in [0.29, 0.717) is 28.4 Å². The summed E-state index contributed by atoms with van der Waals surface area (Å²) in [5, 5.41) is 2.83. The number of carbonyl (C=O) groups excluding carboxylic acids is 1. The van der Waals surface area contributed by atoms with E-state index in [-0.39, 0.29) is 12.5 Å². The highest BCUT2D eigenvalue weighted by Gasteiger charge is 2.11. The number of carbonyl (C=O) groups is 1. The van der Waals surface area contributed by atoms with E-state index >= 15 is 0 Å². The highest BCUT2D eigenvalue weighted by atomic mass is 16.5. The third-order valence-corrected chi connectivity index (χ3v) is 4.69. The Labute approximate surface area is 174 Å². The van der Waals surface area contributed by atoms with E-state index in [9.17, 15) is 4.79 Å². The van der Waals surface area contributed by atoms with Crippen molar-refractivity contribution in [2.45, 2.75) is 13.3 Å². The maximum Gasteiger partial charge on any atom is 0.262 e. The topological polar surface area (TPSA) is 73.6 Å². The van der Waals surface area contributed by atoms with Crippen LogP contribution in [0.5, 0.6) is 11.5 Å². The molecule has 3 aromatic carbocycles. The molecule has 1 N–H and O–H groups in total. The van der Waals surface area contributed by atoms with Gasteiger partial charge in [0.1, 0.15) is 17.0 Å². The van der Waals surface area contributed by atoms with Crippen LogP contribution in [-0.2, 0) is 11.2 Å². The molecule has 0 aliphatic heterocycles. The van der Waals surface area contributed by atoms with Gasteiger partial charge in [-0.05, 0) is 60.5 Å². The molecular weight excluding hydrogens is 380 g/mol. The van der Waals surface area contributed by atoms with Gasteiger partial charge in [-0.2, -0.15) is 0 Å². The Kier molecular flexibility index (Phi) is 5.66. The number of ether oxygens (including phenoxy) is 2. The molecule has 1 amide bonds. The van der Waals surface area contributed by atoms with Crippen molar-refractivity contribution in [2.75, 3.05) is 19.0 Å². The molecule has 0 radical (unpaired) electrons. The summed E-state index contributed by atoms with van der Waals surface area (Å²) >= 11 is 0. The predicted molar refractivity (Wildman–Crippen MR) is 116 cm³/mol. The van der Waals surface area contributed by atoms with Crippen LogP contribution in [0.4, 0.5) is 5.69 Å². The Morgan fingerprint density at radius 2 is 1.87 bits per heavy atom. The number of methoxy groups -OCH3 is 1. The zero-order valence-corrected chi connectivity index (χ0v) is 16.8. The summed E-state index contributed by atoms with van der Waals surface area (Å²) in [6.07, 6.45) is 0.916. The number of anilines is 1. The normalized spacial score (nSPS) is 10.7.